The lowest BCUT2D eigenvalue weighted by Crippen LogP contribution is -2.46. The van der Waals surface area contributed by atoms with Crippen molar-refractivity contribution in [2.24, 2.45) is 0 Å². The molecule has 1 aromatic heterocycles. The maximum atomic E-state index is 13.2. The van der Waals surface area contributed by atoms with Gasteiger partial charge in [0.15, 0.2) is 11.5 Å². The number of methoxy groups -OCH3 is 2. The Hall–Kier alpha value is -4.07. The summed E-state index contributed by atoms with van der Waals surface area (Å²) in [5.74, 6) is 1.17. The molecule has 0 spiro atoms. The van der Waals surface area contributed by atoms with Crippen LogP contribution in [-0.4, -0.2) is 49.1 Å². The molecule has 0 radical (unpaired) electrons. The number of carbonyl (C=O) groups is 2. The molecule has 2 aromatic carbocycles. The van der Waals surface area contributed by atoms with E-state index < -0.39 is 0 Å². The summed E-state index contributed by atoms with van der Waals surface area (Å²) in [6.07, 6.45) is 4.29. The molecule has 8 heteroatoms. The zero-order chi connectivity index (χ0) is 24.6. The number of urea groups is 1. The van der Waals surface area contributed by atoms with E-state index in [0.29, 0.717) is 31.0 Å². The third-order valence-corrected chi connectivity index (χ3v) is 6.09. The van der Waals surface area contributed by atoms with Crippen molar-refractivity contribution in [2.45, 2.75) is 25.4 Å². The summed E-state index contributed by atoms with van der Waals surface area (Å²) in [6, 6.07) is 17.1. The van der Waals surface area contributed by atoms with Crippen molar-refractivity contribution in [1.82, 2.24) is 20.5 Å². The van der Waals surface area contributed by atoms with Gasteiger partial charge in [-0.3, -0.25) is 9.78 Å². The number of nitrogens with zero attached hydrogens (tertiary/aromatic N) is 2. The highest BCUT2D eigenvalue weighted by Gasteiger charge is 2.33. The number of hydrogen-bond acceptors (Lipinski definition) is 5. The van der Waals surface area contributed by atoms with Crippen molar-refractivity contribution in [2.75, 3.05) is 27.3 Å². The van der Waals surface area contributed by atoms with Crippen molar-refractivity contribution in [1.29, 1.82) is 0 Å². The minimum absolute atomic E-state index is 0.130. The van der Waals surface area contributed by atoms with Gasteiger partial charge in [0.2, 0.25) is 5.91 Å². The first-order valence-corrected chi connectivity index (χ1v) is 11.6. The van der Waals surface area contributed by atoms with Crippen LogP contribution in [0.15, 0.2) is 67.0 Å². The molecule has 2 N–H and O–H groups in total. The highest BCUT2D eigenvalue weighted by Crippen LogP contribution is 2.40. The third kappa shape index (κ3) is 5.71. The van der Waals surface area contributed by atoms with Crippen molar-refractivity contribution < 1.29 is 19.1 Å². The van der Waals surface area contributed by atoms with E-state index >= 15 is 0 Å². The minimum atomic E-state index is -0.279. The fourth-order valence-corrected chi connectivity index (χ4v) is 4.34. The molecule has 0 aliphatic carbocycles. The average Bonchev–Trinajstić information content (AvgIpc) is 2.91. The van der Waals surface area contributed by atoms with Crippen LogP contribution in [0.5, 0.6) is 11.5 Å². The zero-order valence-corrected chi connectivity index (χ0v) is 20.0. The first kappa shape index (κ1) is 24.1. The number of pyridine rings is 1. The second kappa shape index (κ2) is 11.4. The van der Waals surface area contributed by atoms with Gasteiger partial charge in [0.25, 0.3) is 0 Å². The van der Waals surface area contributed by atoms with Crippen molar-refractivity contribution in [3.8, 4) is 11.5 Å². The molecule has 0 saturated carbocycles. The van der Waals surface area contributed by atoms with Gasteiger partial charge in [-0.25, -0.2) is 4.79 Å². The summed E-state index contributed by atoms with van der Waals surface area (Å²) in [5, 5.41) is 5.77. The predicted octanol–water partition coefficient (Wildman–Crippen LogP) is 3.46. The van der Waals surface area contributed by atoms with Crippen LogP contribution < -0.4 is 20.1 Å². The molecule has 0 unspecified atom stereocenters. The summed E-state index contributed by atoms with van der Waals surface area (Å²) in [5.41, 5.74) is 4.06. The molecule has 3 amide bonds. The van der Waals surface area contributed by atoms with Gasteiger partial charge in [-0.1, -0.05) is 36.4 Å². The van der Waals surface area contributed by atoms with Gasteiger partial charge in [-0.15, -0.1) is 0 Å². The smallest absolute Gasteiger partial charge is 0.318 e. The van der Waals surface area contributed by atoms with E-state index in [1.165, 1.54) is 0 Å². The van der Waals surface area contributed by atoms with Gasteiger partial charge in [0.1, 0.15) is 0 Å². The Bertz CT molecular complexity index is 1150. The van der Waals surface area contributed by atoms with Crippen LogP contribution in [0.1, 0.15) is 34.7 Å². The normalized spacial score (nSPS) is 14.6. The highest BCUT2D eigenvalue weighted by atomic mass is 16.5. The van der Waals surface area contributed by atoms with Crippen molar-refractivity contribution >= 4 is 11.9 Å². The Morgan fingerprint density at radius 1 is 1.03 bits per heavy atom. The molecule has 3 aromatic rings. The largest absolute Gasteiger partial charge is 0.493 e. The monoisotopic (exact) mass is 474 g/mol. The molecule has 1 aliphatic heterocycles. The molecule has 2 heterocycles. The van der Waals surface area contributed by atoms with E-state index in [1.54, 1.807) is 26.6 Å². The summed E-state index contributed by atoms with van der Waals surface area (Å²) in [7, 11) is 3.23. The molecule has 8 nitrogen and oxygen atoms in total. The molecule has 1 atom stereocenters. The lowest BCUT2D eigenvalue weighted by Gasteiger charge is -2.38. The number of carbonyl (C=O) groups excluding carboxylic acids is 2. The van der Waals surface area contributed by atoms with Crippen molar-refractivity contribution in [3.63, 3.8) is 0 Å². The Morgan fingerprint density at radius 3 is 2.51 bits per heavy atom. The van der Waals surface area contributed by atoms with Gasteiger partial charge in [-0.2, -0.15) is 0 Å². The van der Waals surface area contributed by atoms with Gasteiger partial charge in [-0.05, 0) is 46.9 Å². The molecule has 4 rings (SSSR count). The van der Waals surface area contributed by atoms with Gasteiger partial charge < -0.3 is 25.0 Å². The van der Waals surface area contributed by atoms with E-state index in [0.717, 1.165) is 22.3 Å². The first-order chi connectivity index (χ1) is 17.1. The van der Waals surface area contributed by atoms with Crippen LogP contribution in [0, 0.1) is 0 Å². The molecule has 1 aliphatic rings. The number of ether oxygens (including phenoxy) is 2. The van der Waals surface area contributed by atoms with E-state index in [-0.39, 0.29) is 30.9 Å². The number of amides is 3. The third-order valence-electron chi connectivity index (χ3n) is 6.09. The zero-order valence-electron chi connectivity index (χ0n) is 20.0. The maximum Gasteiger partial charge on any atom is 0.318 e. The molecule has 35 heavy (non-hydrogen) atoms. The Labute approximate surface area is 205 Å². The van der Waals surface area contributed by atoms with E-state index in [9.17, 15) is 9.59 Å². The molecule has 0 bridgehead atoms. The summed E-state index contributed by atoms with van der Waals surface area (Å²) < 4.78 is 11.0. The first-order valence-electron chi connectivity index (χ1n) is 11.6. The molecule has 182 valence electrons. The number of rotatable bonds is 8. The maximum absolute atomic E-state index is 13.2. The van der Waals surface area contributed by atoms with E-state index in [4.69, 9.17) is 9.47 Å². The molecular formula is C27H30N4O4. The minimum Gasteiger partial charge on any atom is -0.493 e. The molecule has 0 saturated heterocycles. The summed E-state index contributed by atoms with van der Waals surface area (Å²) in [6.45, 7) is 1.19. The standard InChI is InChI=1S/C27H30N4O4/c1-34-23-15-21-11-14-31(26(20-8-4-3-5-9-20)22(21)16-24(23)35-2)27(33)29-13-10-25(32)30-18-19-7-6-12-28-17-19/h3-9,12,15-17,26H,10-11,13-14,18H2,1-2H3,(H,29,33)(H,30,32)/t26-/m1/s1. The van der Waals surface area contributed by atoms with Gasteiger partial charge in [0, 0.05) is 38.4 Å². The van der Waals surface area contributed by atoms with Crippen LogP contribution in [0.4, 0.5) is 4.79 Å². The lowest BCUT2D eigenvalue weighted by atomic mass is 9.88. The van der Waals surface area contributed by atoms with Gasteiger partial charge in [0.05, 0.1) is 20.3 Å². The predicted molar refractivity (Wildman–Crippen MR) is 132 cm³/mol. The molecular weight excluding hydrogens is 444 g/mol. The number of hydrogen-bond donors (Lipinski definition) is 2. The van der Waals surface area contributed by atoms with Crippen LogP contribution in [0.2, 0.25) is 0 Å². The van der Waals surface area contributed by atoms with Gasteiger partial charge >= 0.3 is 6.03 Å². The lowest BCUT2D eigenvalue weighted by molar-refractivity contribution is -0.121. The second-order valence-corrected chi connectivity index (χ2v) is 8.28. The SMILES string of the molecule is COc1cc2c(cc1OC)[C@@H](c1ccccc1)N(C(=O)NCCC(=O)NCc1cccnc1)CC2. The van der Waals surface area contributed by atoms with Crippen molar-refractivity contribution in [3.05, 3.63) is 89.2 Å². The Balaban J connectivity index is 1.45. The fraction of sp³-hybridized carbons (Fsp3) is 0.296. The summed E-state index contributed by atoms with van der Waals surface area (Å²) in [4.78, 5) is 31.3. The fourth-order valence-electron chi connectivity index (χ4n) is 4.34. The van der Waals surface area contributed by atoms with Crippen LogP contribution >= 0.6 is 0 Å². The Kier molecular flexibility index (Phi) is 7.82. The van der Waals surface area contributed by atoms with Crippen LogP contribution in [-0.2, 0) is 17.8 Å². The summed E-state index contributed by atoms with van der Waals surface area (Å²) >= 11 is 0. The van der Waals surface area contributed by atoms with Crippen LogP contribution in [0.3, 0.4) is 0 Å². The number of aromatic nitrogens is 1. The van der Waals surface area contributed by atoms with E-state index in [2.05, 4.69) is 15.6 Å². The van der Waals surface area contributed by atoms with Crippen LogP contribution in [0.25, 0.3) is 0 Å². The average molecular weight is 475 g/mol. The Morgan fingerprint density at radius 2 is 1.80 bits per heavy atom. The quantitative estimate of drug-likeness (QED) is 0.522. The highest BCUT2D eigenvalue weighted by molar-refractivity contribution is 5.79. The molecule has 0 fully saturated rings. The van der Waals surface area contributed by atoms with E-state index in [1.807, 2.05) is 59.5 Å². The number of nitrogens with one attached hydrogen (secondary N) is 2. The second-order valence-electron chi connectivity index (χ2n) is 8.28. The number of benzene rings is 2. The number of fused-ring (bicyclic) bond motifs is 1. The topological polar surface area (TPSA) is 92.8 Å².